The Labute approximate surface area is 212 Å². The maximum absolute atomic E-state index is 13.2. The highest BCUT2D eigenvalue weighted by atomic mass is 32.2. The molecule has 0 aliphatic carbocycles. The van der Waals surface area contributed by atoms with Crippen LogP contribution in [-0.4, -0.2) is 37.4 Å². The van der Waals surface area contributed by atoms with E-state index in [1.54, 1.807) is 12.1 Å². The van der Waals surface area contributed by atoms with Gasteiger partial charge in [-0.25, -0.2) is 14.7 Å². The van der Waals surface area contributed by atoms with Crippen molar-refractivity contribution in [3.8, 4) is 11.6 Å². The van der Waals surface area contributed by atoms with E-state index in [-0.39, 0.29) is 21.9 Å². The molecule has 0 saturated carbocycles. The van der Waals surface area contributed by atoms with Gasteiger partial charge >= 0.3 is 0 Å². The van der Waals surface area contributed by atoms with E-state index in [4.69, 9.17) is 10.5 Å². The predicted molar refractivity (Wildman–Crippen MR) is 140 cm³/mol. The average Bonchev–Trinajstić information content (AvgIpc) is 2.79. The van der Waals surface area contributed by atoms with Crippen molar-refractivity contribution < 1.29 is 17.9 Å². The minimum absolute atomic E-state index is 0.0108. The van der Waals surface area contributed by atoms with E-state index >= 15 is 0 Å². The molecule has 1 aromatic carbocycles. The molecule has 0 aliphatic heterocycles. The van der Waals surface area contributed by atoms with Gasteiger partial charge in [0.05, 0.1) is 0 Å². The second-order valence-corrected chi connectivity index (χ2v) is 11.3. The molecule has 3 aromatic rings. The van der Waals surface area contributed by atoms with E-state index in [1.165, 1.54) is 18.2 Å². The summed E-state index contributed by atoms with van der Waals surface area (Å²) in [5.41, 5.74) is 8.67. The Bertz CT molecular complexity index is 1360. The minimum Gasteiger partial charge on any atom is -0.438 e. The van der Waals surface area contributed by atoms with Gasteiger partial charge in [-0.3, -0.25) is 4.79 Å². The summed E-state index contributed by atoms with van der Waals surface area (Å²) in [5, 5.41) is 2.62. The van der Waals surface area contributed by atoms with Crippen LogP contribution >= 0.6 is 0 Å². The van der Waals surface area contributed by atoms with E-state index in [9.17, 15) is 13.2 Å². The molecule has 2 aromatic heterocycles. The Kier molecular flexibility index (Phi) is 8.00. The van der Waals surface area contributed by atoms with E-state index in [0.717, 1.165) is 16.7 Å². The number of sulfonamides is 1. The van der Waals surface area contributed by atoms with Gasteiger partial charge in [0.2, 0.25) is 5.88 Å². The number of rotatable bonds is 8. The largest absolute Gasteiger partial charge is 0.438 e. The summed E-state index contributed by atoms with van der Waals surface area (Å²) in [4.78, 5) is 21.9. The van der Waals surface area contributed by atoms with Crippen molar-refractivity contribution in [1.29, 1.82) is 0 Å². The van der Waals surface area contributed by atoms with Crippen molar-refractivity contribution in [2.75, 3.05) is 18.4 Å². The smallest absolute Gasteiger partial charge is 0.281 e. The summed E-state index contributed by atoms with van der Waals surface area (Å²) in [6.45, 7) is 12.5. The van der Waals surface area contributed by atoms with Crippen molar-refractivity contribution in [3.05, 3.63) is 70.4 Å². The molecule has 36 heavy (non-hydrogen) atoms. The molecule has 1 amide bonds. The Balaban J connectivity index is 1.99. The van der Waals surface area contributed by atoms with Gasteiger partial charge < -0.3 is 15.8 Å². The predicted octanol–water partition coefficient (Wildman–Crippen LogP) is 3.98. The lowest BCUT2D eigenvalue weighted by atomic mass is 9.91. The molecule has 0 aliphatic rings. The Morgan fingerprint density at radius 3 is 2.31 bits per heavy atom. The Morgan fingerprint density at radius 2 is 1.69 bits per heavy atom. The summed E-state index contributed by atoms with van der Waals surface area (Å²) in [6.07, 6.45) is 0. The van der Waals surface area contributed by atoms with Gasteiger partial charge in [0.15, 0.2) is 5.03 Å². The van der Waals surface area contributed by atoms with Gasteiger partial charge in [-0.2, -0.15) is 8.42 Å². The van der Waals surface area contributed by atoms with Gasteiger partial charge in [-0.1, -0.05) is 44.5 Å². The van der Waals surface area contributed by atoms with Crippen LogP contribution in [0.5, 0.6) is 11.6 Å². The number of nitrogens with one attached hydrogen (secondary N) is 2. The fraction of sp³-hybridized carbons (Fsp3) is 0.346. The van der Waals surface area contributed by atoms with E-state index in [2.05, 4.69) is 20.0 Å². The zero-order chi connectivity index (χ0) is 26.7. The standard InChI is InChI=1S/C26H33N5O4S/c1-16-14-17(2)23(18(3)15-16)35-25-19(10-11-20(29-25)26(4,5)6)24(32)31-36(33,34)22-9-7-8-21(30-22)28-13-12-27/h7-11,14-15H,12-13,27H2,1-6H3,(H,28,30)(H,31,32). The molecule has 192 valence electrons. The first-order valence-corrected chi connectivity index (χ1v) is 13.1. The van der Waals surface area contributed by atoms with Gasteiger partial charge in [-0.15, -0.1) is 0 Å². The second-order valence-electron chi connectivity index (χ2n) is 9.64. The molecule has 2 heterocycles. The molecular formula is C26H33N5O4S. The third-order valence-electron chi connectivity index (χ3n) is 5.35. The zero-order valence-electron chi connectivity index (χ0n) is 21.5. The lowest BCUT2D eigenvalue weighted by Gasteiger charge is -2.21. The lowest BCUT2D eigenvalue weighted by Crippen LogP contribution is -2.32. The number of hydrogen-bond donors (Lipinski definition) is 3. The molecule has 0 spiro atoms. The lowest BCUT2D eigenvalue weighted by molar-refractivity contribution is 0.0978. The van der Waals surface area contributed by atoms with Crippen LogP contribution in [0.2, 0.25) is 0 Å². The van der Waals surface area contributed by atoms with Crippen LogP contribution in [0.1, 0.15) is 53.5 Å². The third kappa shape index (κ3) is 6.38. The number of carbonyl (C=O) groups is 1. The first-order valence-electron chi connectivity index (χ1n) is 11.6. The normalized spacial score (nSPS) is 11.8. The first kappa shape index (κ1) is 27.1. The molecule has 0 radical (unpaired) electrons. The van der Waals surface area contributed by atoms with Gasteiger partial charge in [0, 0.05) is 24.2 Å². The van der Waals surface area contributed by atoms with Gasteiger partial charge in [0.1, 0.15) is 17.1 Å². The van der Waals surface area contributed by atoms with E-state index < -0.39 is 15.9 Å². The van der Waals surface area contributed by atoms with Crippen molar-refractivity contribution in [3.63, 3.8) is 0 Å². The summed E-state index contributed by atoms with van der Waals surface area (Å²) in [5.74, 6) is 0.0525. The number of benzene rings is 1. The molecule has 3 rings (SSSR count). The van der Waals surface area contributed by atoms with Gasteiger partial charge in [-0.05, 0) is 56.2 Å². The molecule has 9 nitrogen and oxygen atoms in total. The van der Waals surface area contributed by atoms with Crippen LogP contribution in [0.4, 0.5) is 5.82 Å². The average molecular weight is 512 g/mol. The van der Waals surface area contributed by atoms with Crippen molar-refractivity contribution in [2.45, 2.75) is 52.0 Å². The van der Waals surface area contributed by atoms with Crippen LogP contribution in [0.25, 0.3) is 0 Å². The number of nitrogens with two attached hydrogens (primary N) is 1. The molecule has 0 unspecified atom stereocenters. The zero-order valence-corrected chi connectivity index (χ0v) is 22.3. The summed E-state index contributed by atoms with van der Waals surface area (Å²) in [6, 6.07) is 11.6. The van der Waals surface area contributed by atoms with Crippen molar-refractivity contribution >= 4 is 21.7 Å². The fourth-order valence-corrected chi connectivity index (χ4v) is 4.56. The quantitative estimate of drug-likeness (QED) is 0.413. The van der Waals surface area contributed by atoms with Crippen LogP contribution in [0, 0.1) is 20.8 Å². The number of ether oxygens (including phenoxy) is 1. The fourth-order valence-electron chi connectivity index (χ4n) is 3.63. The molecule has 0 bridgehead atoms. The second kappa shape index (κ2) is 10.6. The van der Waals surface area contributed by atoms with E-state index in [0.29, 0.717) is 30.4 Å². The molecule has 10 heteroatoms. The molecule has 0 atom stereocenters. The van der Waals surface area contributed by atoms with Crippen LogP contribution in [0.3, 0.4) is 0 Å². The highest BCUT2D eigenvalue weighted by Gasteiger charge is 2.26. The third-order valence-corrected chi connectivity index (χ3v) is 6.59. The molecule has 0 fully saturated rings. The molecule has 0 saturated heterocycles. The number of aryl methyl sites for hydroxylation is 3. The number of hydrogen-bond acceptors (Lipinski definition) is 8. The summed E-state index contributed by atoms with van der Waals surface area (Å²) < 4.78 is 34.2. The minimum atomic E-state index is -4.27. The van der Waals surface area contributed by atoms with Crippen molar-refractivity contribution in [1.82, 2.24) is 14.7 Å². The van der Waals surface area contributed by atoms with Crippen LogP contribution in [-0.2, 0) is 15.4 Å². The van der Waals surface area contributed by atoms with E-state index in [1.807, 2.05) is 53.7 Å². The number of pyridine rings is 2. The number of amides is 1. The number of carbonyl (C=O) groups excluding carboxylic acids is 1. The maximum Gasteiger partial charge on any atom is 0.281 e. The van der Waals surface area contributed by atoms with Crippen LogP contribution < -0.4 is 20.5 Å². The van der Waals surface area contributed by atoms with Crippen molar-refractivity contribution in [2.24, 2.45) is 5.73 Å². The summed E-state index contributed by atoms with van der Waals surface area (Å²) in [7, 11) is -4.27. The molecular weight excluding hydrogens is 478 g/mol. The highest BCUT2D eigenvalue weighted by molar-refractivity contribution is 7.90. The number of anilines is 1. The monoisotopic (exact) mass is 511 g/mol. The topological polar surface area (TPSA) is 136 Å². The Morgan fingerprint density at radius 1 is 1.03 bits per heavy atom. The first-order chi connectivity index (χ1) is 16.8. The Hall–Kier alpha value is -3.50. The molecule has 4 N–H and O–H groups in total. The highest BCUT2D eigenvalue weighted by Crippen LogP contribution is 2.33. The summed E-state index contributed by atoms with van der Waals surface area (Å²) >= 11 is 0. The van der Waals surface area contributed by atoms with Crippen LogP contribution in [0.15, 0.2) is 47.5 Å². The number of nitrogens with zero attached hydrogens (tertiary/aromatic N) is 2. The van der Waals surface area contributed by atoms with Gasteiger partial charge in [0.25, 0.3) is 15.9 Å². The maximum atomic E-state index is 13.2. The number of aromatic nitrogens is 2. The SMILES string of the molecule is Cc1cc(C)c(Oc2nc(C(C)(C)C)ccc2C(=O)NS(=O)(=O)c2cccc(NCCN)n2)c(C)c1.